The Balaban J connectivity index is 2.55. The van der Waals surface area contributed by atoms with Crippen molar-refractivity contribution in [1.82, 2.24) is 5.32 Å². The molecule has 0 radical (unpaired) electrons. The van der Waals surface area contributed by atoms with E-state index < -0.39 is 0 Å². The van der Waals surface area contributed by atoms with Crippen LogP contribution in [0.4, 0.5) is 0 Å². The Labute approximate surface area is 108 Å². The summed E-state index contributed by atoms with van der Waals surface area (Å²) in [6.07, 6.45) is 3.98. The van der Waals surface area contributed by atoms with E-state index in [1.807, 2.05) is 25.1 Å². The van der Waals surface area contributed by atoms with Crippen LogP contribution < -0.4 is 14.8 Å². The zero-order valence-corrected chi connectivity index (χ0v) is 11.0. The van der Waals surface area contributed by atoms with E-state index in [-0.39, 0.29) is 5.91 Å². The van der Waals surface area contributed by atoms with Crippen LogP contribution in [0.2, 0.25) is 0 Å². The molecule has 1 aromatic rings. The van der Waals surface area contributed by atoms with E-state index in [0.29, 0.717) is 18.0 Å². The Morgan fingerprint density at radius 2 is 2.00 bits per heavy atom. The summed E-state index contributed by atoms with van der Waals surface area (Å²) in [5, 5.41) is 2.80. The maximum absolute atomic E-state index is 11.2. The smallest absolute Gasteiger partial charge is 0.243 e. The second kappa shape index (κ2) is 7.37. The van der Waals surface area contributed by atoms with E-state index >= 15 is 0 Å². The summed E-state index contributed by atoms with van der Waals surface area (Å²) in [6, 6.07) is 5.74. The first-order valence-electron chi connectivity index (χ1n) is 5.82. The van der Waals surface area contributed by atoms with Crippen LogP contribution >= 0.6 is 0 Å². The maximum atomic E-state index is 11.2. The third-order valence-corrected chi connectivity index (χ3v) is 2.48. The number of hydrogen-bond acceptors (Lipinski definition) is 3. The molecular formula is C14H19NO3. The van der Waals surface area contributed by atoms with Crippen LogP contribution in [0, 0.1) is 0 Å². The normalized spacial score (nSPS) is 10.4. The predicted molar refractivity (Wildman–Crippen MR) is 71.1 cm³/mol. The summed E-state index contributed by atoms with van der Waals surface area (Å²) in [7, 11) is 3.21. The molecule has 1 aromatic carbocycles. The minimum atomic E-state index is -0.0713. The van der Waals surface area contributed by atoms with Crippen LogP contribution in [0.25, 0.3) is 0 Å². The first-order chi connectivity index (χ1) is 8.71. The summed E-state index contributed by atoms with van der Waals surface area (Å²) in [4.78, 5) is 11.2. The lowest BCUT2D eigenvalue weighted by Gasteiger charge is -2.09. The van der Waals surface area contributed by atoms with Crippen LogP contribution in [0.1, 0.15) is 12.5 Å². The molecular weight excluding hydrogens is 230 g/mol. The third kappa shape index (κ3) is 4.13. The fraction of sp³-hybridized carbons (Fsp3) is 0.357. The molecule has 0 aliphatic carbocycles. The molecule has 0 saturated heterocycles. The van der Waals surface area contributed by atoms with Gasteiger partial charge in [-0.05, 0) is 37.1 Å². The van der Waals surface area contributed by atoms with Crippen molar-refractivity contribution in [3.63, 3.8) is 0 Å². The minimum absolute atomic E-state index is 0.0713. The van der Waals surface area contributed by atoms with Gasteiger partial charge < -0.3 is 14.8 Å². The Kier molecular flexibility index (Phi) is 5.77. The lowest BCUT2D eigenvalue weighted by Crippen LogP contribution is -2.23. The second-order valence-electron chi connectivity index (χ2n) is 3.73. The van der Waals surface area contributed by atoms with Crippen LogP contribution in [0.3, 0.4) is 0 Å². The zero-order chi connectivity index (χ0) is 13.4. The van der Waals surface area contributed by atoms with E-state index in [9.17, 15) is 4.79 Å². The van der Waals surface area contributed by atoms with Gasteiger partial charge in [0, 0.05) is 6.54 Å². The van der Waals surface area contributed by atoms with Gasteiger partial charge in [-0.15, -0.1) is 0 Å². The number of ether oxygens (including phenoxy) is 2. The lowest BCUT2D eigenvalue weighted by molar-refractivity contribution is -0.116. The molecule has 4 nitrogen and oxygen atoms in total. The Morgan fingerprint density at radius 1 is 1.28 bits per heavy atom. The molecule has 0 fully saturated rings. The molecule has 98 valence electrons. The van der Waals surface area contributed by atoms with E-state index in [2.05, 4.69) is 5.32 Å². The van der Waals surface area contributed by atoms with Gasteiger partial charge in [-0.1, -0.05) is 12.1 Å². The summed E-state index contributed by atoms with van der Waals surface area (Å²) in [6.45, 7) is 2.41. The number of methoxy groups -OCH3 is 2. The number of nitrogens with one attached hydrogen (secondary N) is 1. The van der Waals surface area contributed by atoms with Gasteiger partial charge in [-0.2, -0.15) is 0 Å². The van der Waals surface area contributed by atoms with Gasteiger partial charge in [0.05, 0.1) is 14.2 Å². The Hall–Kier alpha value is -1.97. The van der Waals surface area contributed by atoms with E-state index in [1.54, 1.807) is 20.3 Å². The predicted octanol–water partition coefficient (Wildman–Crippen LogP) is 1.94. The summed E-state index contributed by atoms with van der Waals surface area (Å²) in [5.41, 5.74) is 1.09. The number of benzene rings is 1. The van der Waals surface area contributed by atoms with Gasteiger partial charge in [-0.25, -0.2) is 0 Å². The summed E-state index contributed by atoms with van der Waals surface area (Å²) in [5.74, 6) is 1.34. The van der Waals surface area contributed by atoms with Crippen molar-refractivity contribution in [3.05, 3.63) is 35.9 Å². The largest absolute Gasteiger partial charge is 0.493 e. The van der Waals surface area contributed by atoms with Gasteiger partial charge in [0.1, 0.15) is 0 Å². The fourth-order valence-corrected chi connectivity index (χ4v) is 1.58. The molecule has 0 heterocycles. The highest BCUT2D eigenvalue weighted by Crippen LogP contribution is 2.27. The number of carbonyl (C=O) groups excluding carboxylic acids is 1. The first-order valence-corrected chi connectivity index (χ1v) is 5.82. The Morgan fingerprint density at radius 3 is 2.61 bits per heavy atom. The molecule has 0 unspecified atom stereocenters. The van der Waals surface area contributed by atoms with Gasteiger partial charge in [0.15, 0.2) is 11.5 Å². The molecule has 0 aliphatic rings. The number of allylic oxidation sites excluding steroid dienone is 1. The van der Waals surface area contributed by atoms with Crippen LogP contribution in [-0.4, -0.2) is 26.7 Å². The summed E-state index contributed by atoms with van der Waals surface area (Å²) >= 11 is 0. The highest BCUT2D eigenvalue weighted by molar-refractivity contribution is 5.87. The van der Waals surface area contributed by atoms with Crippen molar-refractivity contribution in [3.8, 4) is 11.5 Å². The van der Waals surface area contributed by atoms with E-state index in [0.717, 1.165) is 12.0 Å². The van der Waals surface area contributed by atoms with Crippen LogP contribution in [-0.2, 0) is 11.2 Å². The average Bonchev–Trinajstić information content (AvgIpc) is 2.38. The van der Waals surface area contributed by atoms with Gasteiger partial charge in [0.25, 0.3) is 0 Å². The number of carbonyl (C=O) groups is 1. The number of hydrogen-bond donors (Lipinski definition) is 1. The number of rotatable bonds is 6. The molecule has 1 amide bonds. The van der Waals surface area contributed by atoms with Crippen molar-refractivity contribution in [2.75, 3.05) is 20.8 Å². The first kappa shape index (κ1) is 14.1. The van der Waals surface area contributed by atoms with E-state index in [4.69, 9.17) is 9.47 Å². The van der Waals surface area contributed by atoms with Crippen molar-refractivity contribution in [1.29, 1.82) is 0 Å². The standard InChI is InChI=1S/C14H19NO3/c1-4-5-14(16)15-9-8-11-6-7-12(17-2)13(10-11)18-3/h4-7,10H,8-9H2,1-3H3,(H,15,16). The van der Waals surface area contributed by atoms with Crippen molar-refractivity contribution < 1.29 is 14.3 Å². The summed E-state index contributed by atoms with van der Waals surface area (Å²) < 4.78 is 10.4. The van der Waals surface area contributed by atoms with Gasteiger partial charge in [0.2, 0.25) is 5.91 Å². The molecule has 0 atom stereocenters. The fourth-order valence-electron chi connectivity index (χ4n) is 1.58. The molecule has 0 aliphatic heterocycles. The Bertz CT molecular complexity index is 427. The molecule has 4 heteroatoms. The van der Waals surface area contributed by atoms with E-state index in [1.165, 1.54) is 6.08 Å². The topological polar surface area (TPSA) is 47.6 Å². The lowest BCUT2D eigenvalue weighted by atomic mass is 10.1. The minimum Gasteiger partial charge on any atom is -0.493 e. The van der Waals surface area contributed by atoms with Gasteiger partial charge in [-0.3, -0.25) is 4.79 Å². The highest BCUT2D eigenvalue weighted by atomic mass is 16.5. The average molecular weight is 249 g/mol. The SMILES string of the molecule is CC=CC(=O)NCCc1ccc(OC)c(OC)c1. The molecule has 0 spiro atoms. The van der Waals surface area contributed by atoms with Crippen molar-refractivity contribution >= 4 is 5.91 Å². The molecule has 1 rings (SSSR count). The maximum Gasteiger partial charge on any atom is 0.243 e. The van der Waals surface area contributed by atoms with Crippen molar-refractivity contribution in [2.45, 2.75) is 13.3 Å². The molecule has 0 bridgehead atoms. The third-order valence-electron chi connectivity index (χ3n) is 2.48. The monoisotopic (exact) mass is 249 g/mol. The van der Waals surface area contributed by atoms with Crippen molar-refractivity contribution in [2.24, 2.45) is 0 Å². The zero-order valence-electron chi connectivity index (χ0n) is 11.0. The quantitative estimate of drug-likeness (QED) is 0.784. The molecule has 0 aromatic heterocycles. The second-order valence-corrected chi connectivity index (χ2v) is 3.73. The molecule has 1 N–H and O–H groups in total. The van der Waals surface area contributed by atoms with Gasteiger partial charge >= 0.3 is 0 Å². The molecule has 0 saturated carbocycles. The number of amides is 1. The van der Waals surface area contributed by atoms with Crippen LogP contribution in [0.5, 0.6) is 11.5 Å². The van der Waals surface area contributed by atoms with Crippen LogP contribution in [0.15, 0.2) is 30.4 Å². The molecule has 18 heavy (non-hydrogen) atoms. The highest BCUT2D eigenvalue weighted by Gasteiger charge is 2.04.